The van der Waals surface area contributed by atoms with E-state index in [0.717, 1.165) is 50.1 Å². The summed E-state index contributed by atoms with van der Waals surface area (Å²) >= 11 is 0. The molecule has 0 unspecified atom stereocenters. The van der Waals surface area contributed by atoms with Crippen LogP contribution in [0.1, 0.15) is 0 Å². The summed E-state index contributed by atoms with van der Waals surface area (Å²) in [6.07, 6.45) is 6.67. The number of rotatable bonds is 3. The summed E-state index contributed by atoms with van der Waals surface area (Å²) < 4.78 is 13.4. The lowest BCUT2D eigenvalue weighted by atomic mass is 10.0. The molecular weight excluding hydrogens is 393 g/mol. The van der Waals surface area contributed by atoms with E-state index in [9.17, 15) is 4.39 Å². The highest BCUT2D eigenvalue weighted by Gasteiger charge is 2.16. The van der Waals surface area contributed by atoms with Crippen molar-refractivity contribution in [2.45, 2.75) is 0 Å². The number of fused-ring (bicyclic) bond motifs is 2. The number of halogens is 1. The zero-order valence-corrected chi connectivity index (χ0v) is 16.0. The molecule has 0 atom stereocenters. The first-order valence-corrected chi connectivity index (χ1v) is 9.61. The molecule has 0 saturated heterocycles. The van der Waals surface area contributed by atoms with Gasteiger partial charge in [0.05, 0.1) is 16.9 Å². The van der Waals surface area contributed by atoms with E-state index >= 15 is 0 Å². The predicted molar refractivity (Wildman–Crippen MR) is 115 cm³/mol. The number of nitrogens with one attached hydrogen (secondary N) is 2. The first-order valence-electron chi connectivity index (χ1n) is 9.61. The van der Waals surface area contributed by atoms with Gasteiger partial charge in [-0.3, -0.25) is 5.10 Å². The zero-order chi connectivity index (χ0) is 20.8. The van der Waals surface area contributed by atoms with Crippen LogP contribution in [0.5, 0.6) is 0 Å². The highest BCUT2D eigenvalue weighted by Crippen LogP contribution is 2.33. The van der Waals surface area contributed by atoms with Crippen molar-refractivity contribution < 1.29 is 4.39 Å². The lowest BCUT2D eigenvalue weighted by Crippen LogP contribution is -1.87. The normalized spacial score (nSPS) is 11.4. The van der Waals surface area contributed by atoms with Crippen molar-refractivity contribution in [3.8, 4) is 33.8 Å². The van der Waals surface area contributed by atoms with Crippen LogP contribution in [-0.4, -0.2) is 35.1 Å². The highest BCUT2D eigenvalue weighted by molar-refractivity contribution is 5.99. The molecule has 0 radical (unpaired) electrons. The van der Waals surface area contributed by atoms with Gasteiger partial charge in [0.25, 0.3) is 0 Å². The third kappa shape index (κ3) is 2.93. The third-order valence-corrected chi connectivity index (χ3v) is 5.21. The van der Waals surface area contributed by atoms with Gasteiger partial charge in [-0.15, -0.1) is 0 Å². The maximum absolute atomic E-state index is 13.4. The molecule has 2 N–H and O–H groups in total. The van der Waals surface area contributed by atoms with Crippen molar-refractivity contribution in [1.82, 2.24) is 35.1 Å². The largest absolute Gasteiger partial charge is 0.338 e. The smallest absolute Gasteiger partial charge is 0.138 e. The van der Waals surface area contributed by atoms with E-state index < -0.39 is 0 Å². The summed E-state index contributed by atoms with van der Waals surface area (Å²) in [5.41, 5.74) is 7.22. The Balaban J connectivity index is 1.51. The minimum Gasteiger partial charge on any atom is -0.338 e. The summed E-state index contributed by atoms with van der Waals surface area (Å²) in [7, 11) is 0. The van der Waals surface area contributed by atoms with Gasteiger partial charge < -0.3 is 4.98 Å². The van der Waals surface area contributed by atoms with E-state index in [2.05, 4.69) is 30.1 Å². The quantitative estimate of drug-likeness (QED) is 0.441. The number of aromatic amines is 2. The van der Waals surface area contributed by atoms with Crippen molar-refractivity contribution in [2.75, 3.05) is 0 Å². The molecule has 0 spiro atoms. The number of H-pyrrole nitrogens is 2. The highest BCUT2D eigenvalue weighted by atomic mass is 19.1. The Kier molecular flexibility index (Phi) is 3.82. The molecule has 0 bridgehead atoms. The summed E-state index contributed by atoms with van der Waals surface area (Å²) in [5.74, 6) is -0.266. The first kappa shape index (κ1) is 17.4. The Morgan fingerprint density at radius 1 is 0.871 bits per heavy atom. The lowest BCUT2D eigenvalue weighted by Gasteiger charge is -2.02. The van der Waals surface area contributed by atoms with E-state index in [1.54, 1.807) is 30.7 Å². The van der Waals surface area contributed by atoms with Gasteiger partial charge in [0, 0.05) is 29.5 Å². The van der Waals surface area contributed by atoms with E-state index in [0.29, 0.717) is 5.69 Å². The van der Waals surface area contributed by atoms with Gasteiger partial charge in [0.15, 0.2) is 0 Å². The Morgan fingerprint density at radius 2 is 1.71 bits per heavy atom. The van der Waals surface area contributed by atoms with Crippen LogP contribution in [0.25, 0.3) is 55.8 Å². The molecule has 6 rings (SSSR count). The molecule has 5 aromatic heterocycles. The van der Waals surface area contributed by atoms with Crippen LogP contribution >= 0.6 is 0 Å². The van der Waals surface area contributed by atoms with Crippen LogP contribution in [0.3, 0.4) is 0 Å². The Labute approximate surface area is 175 Å². The van der Waals surface area contributed by atoms with E-state index in [1.165, 1.54) is 18.5 Å². The average molecular weight is 407 g/mol. The van der Waals surface area contributed by atoms with Crippen molar-refractivity contribution >= 4 is 22.1 Å². The van der Waals surface area contributed by atoms with Crippen LogP contribution in [0, 0.1) is 5.82 Å². The molecule has 1 aromatic carbocycles. The second kappa shape index (κ2) is 6.81. The van der Waals surface area contributed by atoms with Crippen molar-refractivity contribution in [1.29, 1.82) is 0 Å². The summed E-state index contributed by atoms with van der Waals surface area (Å²) in [6, 6.07) is 14.2. The fourth-order valence-electron chi connectivity index (χ4n) is 3.71. The van der Waals surface area contributed by atoms with Crippen molar-refractivity contribution in [3.63, 3.8) is 0 Å². The summed E-state index contributed by atoms with van der Waals surface area (Å²) in [5, 5.41) is 8.44. The van der Waals surface area contributed by atoms with E-state index in [4.69, 9.17) is 4.98 Å². The van der Waals surface area contributed by atoms with Crippen LogP contribution < -0.4 is 0 Å². The molecule has 0 fully saturated rings. The molecule has 148 valence electrons. The molecule has 0 aliphatic heterocycles. The van der Waals surface area contributed by atoms with Crippen LogP contribution in [0.2, 0.25) is 0 Å². The molecular formula is C23H14FN7. The number of pyridine rings is 2. The SMILES string of the molecule is Fc1ccc(-c2ccnc3[nH]c(-c4n[nH]c5ccc(-c6cncnc6)nc45)cc23)cc1. The first-order chi connectivity index (χ1) is 15.3. The molecule has 8 heteroatoms. The van der Waals surface area contributed by atoms with Gasteiger partial charge in [-0.2, -0.15) is 5.10 Å². The fraction of sp³-hybridized carbons (Fsp3) is 0. The third-order valence-electron chi connectivity index (χ3n) is 5.21. The summed E-state index contributed by atoms with van der Waals surface area (Å²) in [6.45, 7) is 0. The molecule has 6 aromatic rings. The molecule has 5 heterocycles. The second-order valence-corrected chi connectivity index (χ2v) is 7.10. The Hall–Kier alpha value is -4.46. The number of hydrogen-bond donors (Lipinski definition) is 2. The van der Waals surface area contributed by atoms with Gasteiger partial charge in [-0.05, 0) is 47.5 Å². The van der Waals surface area contributed by atoms with Gasteiger partial charge >= 0.3 is 0 Å². The predicted octanol–water partition coefficient (Wildman–Crippen LogP) is 4.76. The molecule has 7 nitrogen and oxygen atoms in total. The number of nitrogens with zero attached hydrogens (tertiary/aromatic N) is 5. The van der Waals surface area contributed by atoms with Gasteiger partial charge in [0.1, 0.15) is 29.0 Å². The van der Waals surface area contributed by atoms with Gasteiger partial charge in [-0.25, -0.2) is 24.3 Å². The molecule has 0 saturated carbocycles. The van der Waals surface area contributed by atoms with E-state index in [1.807, 2.05) is 24.3 Å². The van der Waals surface area contributed by atoms with Crippen LogP contribution in [0.15, 0.2) is 73.4 Å². The fourth-order valence-corrected chi connectivity index (χ4v) is 3.71. The van der Waals surface area contributed by atoms with Gasteiger partial charge in [-0.1, -0.05) is 12.1 Å². The number of benzene rings is 1. The maximum atomic E-state index is 13.4. The lowest BCUT2D eigenvalue weighted by molar-refractivity contribution is 0.628. The summed E-state index contributed by atoms with van der Waals surface area (Å²) in [4.78, 5) is 20.7. The molecule has 31 heavy (non-hydrogen) atoms. The van der Waals surface area contributed by atoms with Crippen molar-refractivity contribution in [3.05, 3.63) is 79.3 Å². The van der Waals surface area contributed by atoms with E-state index in [-0.39, 0.29) is 5.82 Å². The monoisotopic (exact) mass is 407 g/mol. The number of hydrogen-bond acceptors (Lipinski definition) is 5. The minimum absolute atomic E-state index is 0.266. The zero-order valence-electron chi connectivity index (χ0n) is 16.0. The second-order valence-electron chi connectivity index (χ2n) is 7.10. The molecule has 0 aliphatic carbocycles. The minimum atomic E-state index is -0.266. The maximum Gasteiger partial charge on any atom is 0.138 e. The van der Waals surface area contributed by atoms with Crippen LogP contribution in [0.4, 0.5) is 4.39 Å². The molecule has 0 aliphatic rings. The van der Waals surface area contributed by atoms with Crippen LogP contribution in [-0.2, 0) is 0 Å². The molecule has 0 amide bonds. The topological polar surface area (TPSA) is 96.0 Å². The standard InChI is InChI=1S/C23H14FN7/c24-15-3-1-13(2-4-15)16-7-8-27-23-17(16)9-20(29-23)22-21-19(30-31-22)6-5-18(28-21)14-10-25-12-26-11-14/h1-12H,(H,27,29)(H,30,31). The Bertz CT molecular complexity index is 1540. The van der Waals surface area contributed by atoms with Crippen molar-refractivity contribution in [2.24, 2.45) is 0 Å². The van der Waals surface area contributed by atoms with Gasteiger partial charge in [0.2, 0.25) is 0 Å². The average Bonchev–Trinajstić information content (AvgIpc) is 3.43. The Morgan fingerprint density at radius 3 is 2.55 bits per heavy atom. The number of aromatic nitrogens is 7.